The van der Waals surface area contributed by atoms with Crippen molar-refractivity contribution >= 4 is 16.9 Å². The zero-order chi connectivity index (χ0) is 19.6. The molecule has 0 atom stereocenters. The third-order valence-electron chi connectivity index (χ3n) is 5.12. The maximum Gasteiger partial charge on any atom is 0.251 e. The number of carbonyl (C=O) groups excluding carboxylic acids is 1. The second kappa shape index (κ2) is 10.6. The van der Waals surface area contributed by atoms with Crippen molar-refractivity contribution in [3.05, 3.63) is 66.0 Å². The first-order valence-corrected chi connectivity index (χ1v) is 10.6. The first-order valence-electron chi connectivity index (χ1n) is 10.6. The van der Waals surface area contributed by atoms with E-state index < -0.39 is 0 Å². The van der Waals surface area contributed by atoms with Gasteiger partial charge in [-0.3, -0.25) is 4.79 Å². The first-order chi connectivity index (χ1) is 13.8. The number of amides is 1. The number of imidazole rings is 1. The van der Waals surface area contributed by atoms with E-state index in [2.05, 4.69) is 41.1 Å². The van der Waals surface area contributed by atoms with E-state index >= 15 is 0 Å². The fourth-order valence-electron chi connectivity index (χ4n) is 3.56. The number of benzene rings is 2. The van der Waals surface area contributed by atoms with Crippen LogP contribution in [0.3, 0.4) is 0 Å². The van der Waals surface area contributed by atoms with Crippen molar-refractivity contribution in [1.29, 1.82) is 0 Å². The Balaban J connectivity index is 1.46. The molecule has 0 aliphatic heterocycles. The summed E-state index contributed by atoms with van der Waals surface area (Å²) in [6.07, 6.45) is 7.87. The van der Waals surface area contributed by atoms with Crippen molar-refractivity contribution in [2.45, 2.75) is 58.4 Å². The highest BCUT2D eigenvalue weighted by Crippen LogP contribution is 2.19. The smallest absolute Gasteiger partial charge is 0.251 e. The van der Waals surface area contributed by atoms with Gasteiger partial charge in [-0.25, -0.2) is 4.98 Å². The number of nitrogens with one attached hydrogen (secondary N) is 1. The van der Waals surface area contributed by atoms with Gasteiger partial charge in [0.1, 0.15) is 5.82 Å². The molecule has 0 fully saturated rings. The van der Waals surface area contributed by atoms with Crippen molar-refractivity contribution in [3.8, 4) is 0 Å². The Labute approximate surface area is 168 Å². The standard InChI is InChI=1S/C24H31N3O/c1-2-3-12-19-27-22-16-10-9-15-21(22)26-23(27)17-8-5-11-18-25-24(28)20-13-6-4-7-14-20/h4,6-7,9-10,13-16H,2-3,5,8,11-12,17-19H2,1H3,(H,25,28). The van der Waals surface area contributed by atoms with Crippen LogP contribution in [0.5, 0.6) is 0 Å². The van der Waals surface area contributed by atoms with E-state index in [1.807, 2.05) is 30.3 Å². The monoisotopic (exact) mass is 377 g/mol. The summed E-state index contributed by atoms with van der Waals surface area (Å²) in [7, 11) is 0. The molecule has 0 spiro atoms. The second-order valence-electron chi connectivity index (χ2n) is 7.31. The summed E-state index contributed by atoms with van der Waals surface area (Å²) in [6.45, 7) is 4.01. The van der Waals surface area contributed by atoms with Crippen LogP contribution in [0.15, 0.2) is 54.6 Å². The van der Waals surface area contributed by atoms with Crippen LogP contribution in [-0.2, 0) is 13.0 Å². The van der Waals surface area contributed by atoms with Crippen LogP contribution in [-0.4, -0.2) is 22.0 Å². The Morgan fingerprint density at radius 1 is 0.929 bits per heavy atom. The average Bonchev–Trinajstić information content (AvgIpc) is 3.09. The molecule has 3 aromatic rings. The molecule has 148 valence electrons. The number of para-hydroxylation sites is 2. The molecule has 1 aromatic heterocycles. The molecule has 3 rings (SSSR count). The van der Waals surface area contributed by atoms with Gasteiger partial charge in [0.25, 0.3) is 5.91 Å². The van der Waals surface area contributed by atoms with Crippen molar-refractivity contribution in [3.63, 3.8) is 0 Å². The molecule has 4 heteroatoms. The van der Waals surface area contributed by atoms with Crippen molar-refractivity contribution < 1.29 is 4.79 Å². The van der Waals surface area contributed by atoms with Crippen LogP contribution < -0.4 is 5.32 Å². The van der Waals surface area contributed by atoms with Gasteiger partial charge >= 0.3 is 0 Å². The van der Waals surface area contributed by atoms with Gasteiger partial charge in [0.05, 0.1) is 11.0 Å². The summed E-state index contributed by atoms with van der Waals surface area (Å²) in [4.78, 5) is 16.9. The molecule has 1 N–H and O–H groups in total. The lowest BCUT2D eigenvalue weighted by Gasteiger charge is -2.09. The topological polar surface area (TPSA) is 46.9 Å². The number of hydrogen-bond donors (Lipinski definition) is 1. The van der Waals surface area contributed by atoms with Crippen molar-refractivity contribution in [2.24, 2.45) is 0 Å². The quantitative estimate of drug-likeness (QED) is 0.457. The van der Waals surface area contributed by atoms with Gasteiger partial charge in [-0.15, -0.1) is 0 Å². The number of hydrogen-bond acceptors (Lipinski definition) is 2. The van der Waals surface area contributed by atoms with E-state index in [0.29, 0.717) is 0 Å². The van der Waals surface area contributed by atoms with Crippen LogP contribution >= 0.6 is 0 Å². The highest BCUT2D eigenvalue weighted by Gasteiger charge is 2.10. The molecule has 0 saturated heterocycles. The van der Waals surface area contributed by atoms with E-state index in [4.69, 9.17) is 4.98 Å². The fraction of sp³-hybridized carbons (Fsp3) is 0.417. The number of aryl methyl sites for hydroxylation is 2. The van der Waals surface area contributed by atoms with E-state index in [0.717, 1.165) is 49.9 Å². The zero-order valence-electron chi connectivity index (χ0n) is 16.9. The lowest BCUT2D eigenvalue weighted by atomic mass is 10.1. The maximum absolute atomic E-state index is 12.0. The highest BCUT2D eigenvalue weighted by molar-refractivity contribution is 5.94. The van der Waals surface area contributed by atoms with E-state index in [-0.39, 0.29) is 5.91 Å². The van der Waals surface area contributed by atoms with Crippen LogP contribution in [0.25, 0.3) is 11.0 Å². The van der Waals surface area contributed by atoms with Gasteiger partial charge < -0.3 is 9.88 Å². The Morgan fingerprint density at radius 3 is 2.54 bits per heavy atom. The summed E-state index contributed by atoms with van der Waals surface area (Å²) < 4.78 is 2.40. The summed E-state index contributed by atoms with van der Waals surface area (Å²) >= 11 is 0. The molecule has 0 aliphatic carbocycles. The summed E-state index contributed by atoms with van der Waals surface area (Å²) in [5, 5.41) is 3.01. The number of rotatable bonds is 11. The van der Waals surface area contributed by atoms with Gasteiger partial charge in [-0.1, -0.05) is 56.5 Å². The van der Waals surface area contributed by atoms with Gasteiger partial charge in [-0.05, 0) is 43.5 Å². The summed E-state index contributed by atoms with van der Waals surface area (Å²) in [5.41, 5.74) is 3.08. The molecular formula is C24H31N3O. The Hall–Kier alpha value is -2.62. The normalized spacial score (nSPS) is 11.0. The second-order valence-corrected chi connectivity index (χ2v) is 7.31. The third kappa shape index (κ3) is 5.44. The molecule has 0 saturated carbocycles. The maximum atomic E-state index is 12.0. The van der Waals surface area contributed by atoms with E-state index in [9.17, 15) is 4.79 Å². The third-order valence-corrected chi connectivity index (χ3v) is 5.12. The molecule has 0 unspecified atom stereocenters. The van der Waals surface area contributed by atoms with E-state index in [1.54, 1.807) is 0 Å². The highest BCUT2D eigenvalue weighted by atomic mass is 16.1. The minimum Gasteiger partial charge on any atom is -0.352 e. The Bertz CT molecular complexity index is 870. The largest absolute Gasteiger partial charge is 0.352 e. The molecule has 2 aromatic carbocycles. The number of unbranched alkanes of at least 4 members (excludes halogenated alkanes) is 4. The van der Waals surface area contributed by atoms with Crippen LogP contribution in [0, 0.1) is 0 Å². The van der Waals surface area contributed by atoms with Crippen LogP contribution in [0.1, 0.15) is 61.6 Å². The van der Waals surface area contributed by atoms with Crippen LogP contribution in [0.4, 0.5) is 0 Å². The number of nitrogens with zero attached hydrogens (tertiary/aromatic N) is 2. The van der Waals surface area contributed by atoms with Gasteiger partial charge in [0.2, 0.25) is 0 Å². The summed E-state index contributed by atoms with van der Waals surface area (Å²) in [5.74, 6) is 1.21. The molecule has 4 nitrogen and oxygen atoms in total. The fourth-order valence-corrected chi connectivity index (χ4v) is 3.56. The van der Waals surface area contributed by atoms with Gasteiger partial charge in [0, 0.05) is 25.1 Å². The van der Waals surface area contributed by atoms with Crippen LogP contribution in [0.2, 0.25) is 0 Å². The molecular weight excluding hydrogens is 346 g/mol. The average molecular weight is 378 g/mol. The molecule has 1 amide bonds. The van der Waals surface area contributed by atoms with E-state index in [1.165, 1.54) is 30.6 Å². The van der Waals surface area contributed by atoms with Crippen molar-refractivity contribution in [1.82, 2.24) is 14.9 Å². The molecule has 0 radical (unpaired) electrons. The van der Waals surface area contributed by atoms with Crippen molar-refractivity contribution in [2.75, 3.05) is 6.54 Å². The Kier molecular flexibility index (Phi) is 7.65. The van der Waals surface area contributed by atoms with Gasteiger partial charge in [-0.2, -0.15) is 0 Å². The number of carbonyl (C=O) groups is 1. The summed E-state index contributed by atoms with van der Waals surface area (Å²) in [6, 6.07) is 17.8. The minimum absolute atomic E-state index is 0.0123. The van der Waals surface area contributed by atoms with Gasteiger partial charge in [0.15, 0.2) is 0 Å². The minimum atomic E-state index is 0.0123. The predicted octanol–water partition coefficient (Wildman–Crippen LogP) is 5.37. The Morgan fingerprint density at radius 2 is 1.71 bits per heavy atom. The molecule has 0 aliphatic rings. The number of aromatic nitrogens is 2. The number of fused-ring (bicyclic) bond motifs is 1. The molecule has 0 bridgehead atoms. The SMILES string of the molecule is CCCCCn1c(CCCCCNC(=O)c2ccccc2)nc2ccccc21. The lowest BCUT2D eigenvalue weighted by molar-refractivity contribution is 0.0953. The first kappa shape index (κ1) is 20.1. The molecule has 1 heterocycles. The molecule has 28 heavy (non-hydrogen) atoms. The lowest BCUT2D eigenvalue weighted by Crippen LogP contribution is -2.24. The predicted molar refractivity (Wildman–Crippen MR) is 116 cm³/mol. The zero-order valence-corrected chi connectivity index (χ0v) is 16.9.